The molecule has 0 radical (unpaired) electrons. The smallest absolute Gasteiger partial charge is 0.226 e. The summed E-state index contributed by atoms with van der Waals surface area (Å²) in [5.41, 5.74) is 2.26. The summed E-state index contributed by atoms with van der Waals surface area (Å²) in [6.07, 6.45) is 7.91. The van der Waals surface area contributed by atoms with E-state index in [-0.39, 0.29) is 48.3 Å². The van der Waals surface area contributed by atoms with Gasteiger partial charge in [-0.25, -0.2) is 0 Å². The van der Waals surface area contributed by atoms with Crippen LogP contribution >= 0.6 is 0 Å². The van der Waals surface area contributed by atoms with E-state index < -0.39 is 0 Å². The number of hydrogen-bond acceptors (Lipinski definition) is 3. The van der Waals surface area contributed by atoms with Gasteiger partial charge in [0.25, 0.3) is 0 Å². The fourth-order valence-electron chi connectivity index (χ4n) is 4.50. The molecule has 0 aromatic heterocycles. The van der Waals surface area contributed by atoms with Crippen LogP contribution in [0.15, 0.2) is 30.3 Å². The van der Waals surface area contributed by atoms with Gasteiger partial charge in [-0.1, -0.05) is 36.4 Å². The molecule has 3 aliphatic rings. The summed E-state index contributed by atoms with van der Waals surface area (Å²) in [6, 6.07) is 8.08. The first kappa shape index (κ1) is 19.2. The van der Waals surface area contributed by atoms with E-state index in [0.29, 0.717) is 6.54 Å². The fraction of sp³-hybridized carbons (Fsp3) is 0.565. The van der Waals surface area contributed by atoms with E-state index in [9.17, 15) is 14.7 Å². The van der Waals surface area contributed by atoms with Crippen LogP contribution < -0.4 is 0 Å². The van der Waals surface area contributed by atoms with Gasteiger partial charge >= 0.3 is 0 Å². The van der Waals surface area contributed by atoms with Gasteiger partial charge in [0, 0.05) is 31.3 Å². The molecular weight excluding hydrogens is 352 g/mol. The number of nitrogens with zero attached hydrogens (tertiary/aromatic N) is 2. The van der Waals surface area contributed by atoms with E-state index in [1.54, 1.807) is 4.90 Å². The monoisotopic (exact) mass is 382 g/mol. The normalized spacial score (nSPS) is 27.0. The van der Waals surface area contributed by atoms with Crippen molar-refractivity contribution in [3.8, 4) is 0 Å². The Morgan fingerprint density at radius 2 is 1.75 bits per heavy atom. The van der Waals surface area contributed by atoms with Crippen molar-refractivity contribution in [3.63, 3.8) is 0 Å². The first-order valence-corrected chi connectivity index (χ1v) is 10.5. The molecule has 1 saturated heterocycles. The third kappa shape index (κ3) is 3.60. The second-order valence-corrected chi connectivity index (χ2v) is 8.52. The molecule has 2 saturated carbocycles. The van der Waals surface area contributed by atoms with Gasteiger partial charge in [-0.05, 0) is 43.7 Å². The SMILES string of the molecule is C/C=C/c1ccc([C@H]2[C@@H](CO)N(C(=O)C3CC3)[C@H]2CN(C)C(=O)C2CC2)cc1. The summed E-state index contributed by atoms with van der Waals surface area (Å²) in [5, 5.41) is 10.1. The minimum atomic E-state index is -0.199. The third-order valence-corrected chi connectivity index (χ3v) is 6.36. The van der Waals surface area contributed by atoms with Gasteiger partial charge in [-0.3, -0.25) is 9.59 Å². The Labute approximate surface area is 167 Å². The highest BCUT2D eigenvalue weighted by Crippen LogP contribution is 2.45. The molecule has 1 aliphatic heterocycles. The Hall–Kier alpha value is -2.14. The molecule has 3 atom stereocenters. The van der Waals surface area contributed by atoms with Crippen LogP contribution in [-0.2, 0) is 9.59 Å². The largest absolute Gasteiger partial charge is 0.394 e. The average Bonchev–Trinajstić information content (AvgIpc) is 3.58. The number of likely N-dealkylation sites (tertiary alicyclic amines) is 1. The molecule has 28 heavy (non-hydrogen) atoms. The van der Waals surface area contributed by atoms with Gasteiger partial charge in [0.1, 0.15) is 0 Å². The van der Waals surface area contributed by atoms with Gasteiger partial charge < -0.3 is 14.9 Å². The molecule has 3 fully saturated rings. The van der Waals surface area contributed by atoms with Crippen LogP contribution in [0.3, 0.4) is 0 Å². The van der Waals surface area contributed by atoms with E-state index in [4.69, 9.17) is 0 Å². The van der Waals surface area contributed by atoms with Crippen molar-refractivity contribution in [2.75, 3.05) is 20.2 Å². The molecule has 0 unspecified atom stereocenters. The Morgan fingerprint density at radius 3 is 2.29 bits per heavy atom. The number of aliphatic hydroxyl groups excluding tert-OH is 1. The molecule has 1 N–H and O–H groups in total. The number of hydrogen-bond donors (Lipinski definition) is 1. The maximum Gasteiger partial charge on any atom is 0.226 e. The minimum Gasteiger partial charge on any atom is -0.394 e. The van der Waals surface area contributed by atoms with E-state index >= 15 is 0 Å². The highest BCUT2D eigenvalue weighted by atomic mass is 16.3. The average molecular weight is 383 g/mol. The molecular formula is C23H30N2O3. The van der Waals surface area contributed by atoms with Crippen molar-refractivity contribution in [1.82, 2.24) is 9.80 Å². The predicted octanol–water partition coefficient (Wildman–Crippen LogP) is 2.65. The summed E-state index contributed by atoms with van der Waals surface area (Å²) in [5.74, 6) is 0.678. The first-order valence-electron chi connectivity index (χ1n) is 10.5. The number of amides is 2. The van der Waals surface area contributed by atoms with Crippen LogP contribution in [0, 0.1) is 11.8 Å². The molecule has 150 valence electrons. The molecule has 0 bridgehead atoms. The van der Waals surface area contributed by atoms with Crippen LogP contribution in [-0.4, -0.2) is 59.0 Å². The number of carbonyl (C=O) groups excluding carboxylic acids is 2. The standard InChI is InChI=1S/C23H30N2O3/c1-3-4-15-5-7-16(8-6-15)21-19(13-24(2)22(27)17-9-10-17)25(20(21)14-26)23(28)18-11-12-18/h3-8,17-21,26H,9-14H2,1-2H3/b4-3+/t19-,20+,21+/m0/s1. The minimum absolute atomic E-state index is 0.0451. The van der Waals surface area contributed by atoms with E-state index in [1.807, 2.05) is 24.9 Å². The van der Waals surface area contributed by atoms with Crippen molar-refractivity contribution < 1.29 is 14.7 Å². The van der Waals surface area contributed by atoms with Crippen LogP contribution in [0.25, 0.3) is 6.08 Å². The number of likely N-dealkylation sites (N-methyl/N-ethyl adjacent to an activating group) is 1. The predicted molar refractivity (Wildman–Crippen MR) is 108 cm³/mol. The van der Waals surface area contributed by atoms with Crippen molar-refractivity contribution in [2.45, 2.75) is 50.6 Å². The van der Waals surface area contributed by atoms with Gasteiger partial charge in [0.05, 0.1) is 18.7 Å². The number of allylic oxidation sites excluding steroid dienone is 1. The van der Waals surface area contributed by atoms with Gasteiger partial charge in [-0.2, -0.15) is 0 Å². The number of aliphatic hydroxyl groups is 1. The number of carbonyl (C=O) groups is 2. The zero-order chi connectivity index (χ0) is 19.8. The fourth-order valence-corrected chi connectivity index (χ4v) is 4.50. The molecule has 4 rings (SSSR count). The Bertz CT molecular complexity index is 765. The highest BCUT2D eigenvalue weighted by Gasteiger charge is 2.54. The maximum atomic E-state index is 12.9. The summed E-state index contributed by atoms with van der Waals surface area (Å²) >= 11 is 0. The molecule has 1 aromatic carbocycles. The first-order chi connectivity index (χ1) is 13.5. The Kier molecular flexibility index (Phi) is 5.28. The lowest BCUT2D eigenvalue weighted by molar-refractivity contribution is -0.155. The van der Waals surface area contributed by atoms with Crippen LogP contribution in [0.1, 0.15) is 49.7 Å². The van der Waals surface area contributed by atoms with Gasteiger partial charge in [0.2, 0.25) is 11.8 Å². The summed E-state index contributed by atoms with van der Waals surface area (Å²) in [7, 11) is 1.85. The highest BCUT2D eigenvalue weighted by molar-refractivity contribution is 5.84. The number of rotatable bonds is 7. The lowest BCUT2D eigenvalue weighted by Gasteiger charge is -2.56. The zero-order valence-corrected chi connectivity index (χ0v) is 16.8. The topological polar surface area (TPSA) is 60.9 Å². The number of benzene rings is 1. The third-order valence-electron chi connectivity index (χ3n) is 6.36. The summed E-state index contributed by atoms with van der Waals surface area (Å²) in [6.45, 7) is 2.48. The Balaban J connectivity index is 1.57. The van der Waals surface area contributed by atoms with Crippen LogP contribution in [0.5, 0.6) is 0 Å². The molecule has 2 amide bonds. The van der Waals surface area contributed by atoms with Crippen molar-refractivity contribution in [2.24, 2.45) is 11.8 Å². The quantitative estimate of drug-likeness (QED) is 0.789. The van der Waals surface area contributed by atoms with E-state index in [0.717, 1.165) is 36.8 Å². The molecule has 0 spiro atoms. The maximum absolute atomic E-state index is 12.9. The molecule has 2 aliphatic carbocycles. The second-order valence-electron chi connectivity index (χ2n) is 8.52. The molecule has 1 aromatic rings. The van der Waals surface area contributed by atoms with Gasteiger partial charge in [0.15, 0.2) is 0 Å². The summed E-state index contributed by atoms with van der Waals surface area (Å²) < 4.78 is 0. The summed E-state index contributed by atoms with van der Waals surface area (Å²) in [4.78, 5) is 29.0. The van der Waals surface area contributed by atoms with Crippen molar-refractivity contribution >= 4 is 17.9 Å². The lowest BCUT2D eigenvalue weighted by atomic mass is 9.74. The Morgan fingerprint density at radius 1 is 1.11 bits per heavy atom. The van der Waals surface area contributed by atoms with Crippen molar-refractivity contribution in [3.05, 3.63) is 41.5 Å². The van der Waals surface area contributed by atoms with Crippen molar-refractivity contribution in [1.29, 1.82) is 0 Å². The van der Waals surface area contributed by atoms with E-state index in [1.165, 1.54) is 0 Å². The molecule has 5 nitrogen and oxygen atoms in total. The van der Waals surface area contributed by atoms with Crippen LogP contribution in [0.2, 0.25) is 0 Å². The molecule has 1 heterocycles. The van der Waals surface area contributed by atoms with Gasteiger partial charge in [-0.15, -0.1) is 0 Å². The second kappa shape index (κ2) is 7.70. The van der Waals surface area contributed by atoms with E-state index in [2.05, 4.69) is 30.3 Å². The molecule has 5 heteroatoms. The lowest BCUT2D eigenvalue weighted by Crippen LogP contribution is -2.69. The van der Waals surface area contributed by atoms with Crippen LogP contribution in [0.4, 0.5) is 0 Å². The zero-order valence-electron chi connectivity index (χ0n) is 16.8.